The molecular weight excluding hydrogens is 617 g/mol. The van der Waals surface area contributed by atoms with Gasteiger partial charge in [-0.3, -0.25) is 4.79 Å². The van der Waals surface area contributed by atoms with Gasteiger partial charge in [-0.25, -0.2) is 4.68 Å². The number of fused-ring (bicyclic) bond motifs is 1. The Hall–Kier alpha value is -2.59. The smallest absolute Gasteiger partial charge is 0.387 e. The Morgan fingerprint density at radius 1 is 0.956 bits per heavy atom. The summed E-state index contributed by atoms with van der Waals surface area (Å²) in [6.45, 7) is 16.0. The van der Waals surface area contributed by atoms with Crippen molar-refractivity contribution in [3.8, 4) is 22.8 Å². The van der Waals surface area contributed by atoms with Gasteiger partial charge in [-0.2, -0.15) is 13.9 Å². The van der Waals surface area contributed by atoms with Crippen molar-refractivity contribution in [2.24, 2.45) is 0 Å². The summed E-state index contributed by atoms with van der Waals surface area (Å²) in [5, 5.41) is 4.94. The molecule has 0 N–H and O–H groups in total. The van der Waals surface area contributed by atoms with Crippen LogP contribution in [-0.2, 0) is 34.3 Å². The molecule has 0 spiro atoms. The molecule has 2 heterocycles. The van der Waals surface area contributed by atoms with Gasteiger partial charge in [0.25, 0.3) is 5.56 Å². The molecular formula is C32H49F2N3O6Si2. The van der Waals surface area contributed by atoms with Gasteiger partial charge in [0.15, 0.2) is 11.5 Å². The highest BCUT2D eigenvalue weighted by molar-refractivity contribution is 6.76. The van der Waals surface area contributed by atoms with Crippen molar-refractivity contribution in [2.45, 2.75) is 117 Å². The molecule has 13 heteroatoms. The van der Waals surface area contributed by atoms with Crippen LogP contribution in [0.1, 0.15) is 32.3 Å². The van der Waals surface area contributed by atoms with E-state index in [4.69, 9.17) is 23.7 Å². The van der Waals surface area contributed by atoms with Gasteiger partial charge in [0, 0.05) is 40.5 Å². The second-order valence-electron chi connectivity index (χ2n) is 14.4. The predicted molar refractivity (Wildman–Crippen MR) is 178 cm³/mol. The summed E-state index contributed by atoms with van der Waals surface area (Å²) in [6, 6.07) is 6.85. The van der Waals surface area contributed by atoms with Gasteiger partial charge in [-0.05, 0) is 57.0 Å². The van der Waals surface area contributed by atoms with Gasteiger partial charge in [0.1, 0.15) is 13.5 Å². The molecule has 0 unspecified atom stereocenters. The van der Waals surface area contributed by atoms with Crippen LogP contribution in [0.15, 0.2) is 29.2 Å². The molecule has 0 saturated heterocycles. The van der Waals surface area contributed by atoms with Crippen LogP contribution in [0.2, 0.25) is 51.4 Å². The van der Waals surface area contributed by atoms with Crippen molar-refractivity contribution < 1.29 is 32.5 Å². The van der Waals surface area contributed by atoms with E-state index in [-0.39, 0.29) is 49.3 Å². The highest BCUT2D eigenvalue weighted by Gasteiger charge is 2.28. The van der Waals surface area contributed by atoms with Gasteiger partial charge < -0.3 is 28.3 Å². The van der Waals surface area contributed by atoms with Crippen LogP contribution in [-0.4, -0.2) is 62.5 Å². The molecule has 1 aromatic carbocycles. The lowest BCUT2D eigenvalue weighted by atomic mass is 10.1. The van der Waals surface area contributed by atoms with Crippen LogP contribution in [0, 0.1) is 0 Å². The minimum absolute atomic E-state index is 0.0332. The van der Waals surface area contributed by atoms with Crippen LogP contribution >= 0.6 is 0 Å². The van der Waals surface area contributed by atoms with Crippen molar-refractivity contribution in [3.05, 3.63) is 40.3 Å². The Balaban J connectivity index is 1.84. The molecule has 0 aliphatic heterocycles. The van der Waals surface area contributed by atoms with Crippen molar-refractivity contribution in [3.63, 3.8) is 0 Å². The third kappa shape index (κ3) is 10.2. The van der Waals surface area contributed by atoms with Crippen molar-refractivity contribution in [2.75, 3.05) is 13.2 Å². The lowest BCUT2D eigenvalue weighted by molar-refractivity contribution is -0.0516. The molecule has 4 rings (SSSR count). The topological polar surface area (TPSA) is 86.0 Å². The Bertz CT molecular complexity index is 1490. The monoisotopic (exact) mass is 665 g/mol. The molecule has 1 fully saturated rings. The lowest BCUT2D eigenvalue weighted by Crippen LogP contribution is -2.26. The van der Waals surface area contributed by atoms with E-state index in [1.54, 1.807) is 18.3 Å². The molecule has 0 bridgehead atoms. The summed E-state index contributed by atoms with van der Waals surface area (Å²) < 4.78 is 58.8. The molecule has 1 saturated carbocycles. The normalized spacial score (nSPS) is 14.2. The first-order valence-corrected chi connectivity index (χ1v) is 23.2. The van der Waals surface area contributed by atoms with Crippen LogP contribution < -0.4 is 15.0 Å². The van der Waals surface area contributed by atoms with Crippen LogP contribution in [0.5, 0.6) is 11.5 Å². The molecule has 3 aromatic rings. The van der Waals surface area contributed by atoms with E-state index in [1.165, 1.54) is 10.7 Å². The minimum Gasteiger partial charge on any atom is -0.487 e. The summed E-state index contributed by atoms with van der Waals surface area (Å²) in [5.41, 5.74) is 2.31. The molecule has 9 nitrogen and oxygen atoms in total. The van der Waals surface area contributed by atoms with Crippen molar-refractivity contribution in [1.82, 2.24) is 14.3 Å². The molecule has 0 radical (unpaired) electrons. The summed E-state index contributed by atoms with van der Waals surface area (Å²) >= 11 is 0. The van der Waals surface area contributed by atoms with E-state index in [2.05, 4.69) is 44.4 Å². The van der Waals surface area contributed by atoms with Crippen LogP contribution in [0.3, 0.4) is 0 Å². The Morgan fingerprint density at radius 3 is 2.18 bits per heavy atom. The van der Waals surface area contributed by atoms with E-state index >= 15 is 0 Å². The zero-order valence-corrected chi connectivity index (χ0v) is 30.0. The number of benzene rings is 1. The molecule has 1 aliphatic rings. The third-order valence-electron chi connectivity index (χ3n) is 7.41. The summed E-state index contributed by atoms with van der Waals surface area (Å²) in [7, 11) is -2.65. The van der Waals surface area contributed by atoms with Gasteiger partial charge in [0.2, 0.25) is 0 Å². The van der Waals surface area contributed by atoms with E-state index in [0.29, 0.717) is 40.9 Å². The average molecular weight is 666 g/mol. The molecule has 1 aliphatic carbocycles. The number of hydrogen-bond acceptors (Lipinski definition) is 7. The van der Waals surface area contributed by atoms with Crippen LogP contribution in [0.25, 0.3) is 22.2 Å². The van der Waals surface area contributed by atoms with Crippen LogP contribution in [0.4, 0.5) is 8.78 Å². The number of alkyl halides is 2. The average Bonchev–Trinajstić information content (AvgIpc) is 3.68. The maximum atomic E-state index is 14.0. The lowest BCUT2D eigenvalue weighted by Gasteiger charge is -2.18. The van der Waals surface area contributed by atoms with E-state index < -0.39 is 22.8 Å². The summed E-state index contributed by atoms with van der Waals surface area (Å²) in [4.78, 5) is 14.0. The zero-order chi connectivity index (χ0) is 32.9. The first-order chi connectivity index (χ1) is 21.1. The largest absolute Gasteiger partial charge is 0.487 e. The standard InChI is InChI=1S/C32H49F2N3O6Si2/c1-22(2)41-19-25-29-26(18-35-37(31(29)38)21-40-14-16-45(6,7)8)36(20-39-13-15-44(3,4)5)30(25)23-9-12-27(43-32(33)34)28(17-23)42-24-10-11-24/h9,12,17-18,22,24,32H,10-11,13-16,19-21H2,1-8H3. The first kappa shape index (κ1) is 35.3. The first-order valence-electron chi connectivity index (χ1n) is 15.8. The number of halogens is 2. The predicted octanol–water partition coefficient (Wildman–Crippen LogP) is 7.56. The SMILES string of the molecule is CC(C)OCc1c(-c2ccc(OC(F)F)c(OC3CC3)c2)n(COCC[Si](C)(C)C)c2cnn(COCC[Si](C)(C)C)c(=O)c12. The summed E-state index contributed by atoms with van der Waals surface area (Å²) in [5.74, 6) is 0.197. The quantitative estimate of drug-likeness (QED) is 0.102. The van der Waals surface area contributed by atoms with Gasteiger partial charge in [-0.15, -0.1) is 0 Å². The highest BCUT2D eigenvalue weighted by atomic mass is 28.3. The molecule has 2 aromatic heterocycles. The Labute approximate surface area is 266 Å². The van der Waals surface area contributed by atoms with Gasteiger partial charge in [0.05, 0.1) is 41.6 Å². The molecule has 0 amide bonds. The number of rotatable bonds is 18. The Morgan fingerprint density at radius 2 is 1.60 bits per heavy atom. The fourth-order valence-corrected chi connectivity index (χ4v) is 6.20. The highest BCUT2D eigenvalue weighted by Crippen LogP contribution is 2.40. The van der Waals surface area contributed by atoms with E-state index in [9.17, 15) is 13.6 Å². The Kier molecular flexibility index (Phi) is 11.7. The number of ether oxygens (including phenoxy) is 5. The third-order valence-corrected chi connectivity index (χ3v) is 10.8. The fourth-order valence-electron chi connectivity index (χ4n) is 4.69. The maximum absolute atomic E-state index is 14.0. The van der Waals surface area contributed by atoms with Crippen molar-refractivity contribution >= 4 is 27.1 Å². The molecule has 0 atom stereocenters. The molecule has 250 valence electrons. The minimum atomic E-state index is -2.99. The number of nitrogens with zero attached hydrogens (tertiary/aromatic N) is 3. The number of aromatic nitrogens is 3. The fraction of sp³-hybridized carbons (Fsp3) is 0.625. The molecule has 45 heavy (non-hydrogen) atoms. The maximum Gasteiger partial charge on any atom is 0.387 e. The zero-order valence-electron chi connectivity index (χ0n) is 28.0. The van der Waals surface area contributed by atoms with Gasteiger partial charge >= 0.3 is 6.61 Å². The second kappa shape index (κ2) is 14.9. The number of hydrogen-bond donors (Lipinski definition) is 0. The van der Waals surface area contributed by atoms with E-state index in [0.717, 1.165) is 24.9 Å². The van der Waals surface area contributed by atoms with E-state index in [1.807, 2.05) is 18.4 Å². The van der Waals surface area contributed by atoms with Gasteiger partial charge in [-0.1, -0.05) is 39.3 Å². The summed E-state index contributed by atoms with van der Waals surface area (Å²) in [6.07, 6.45) is 3.22. The van der Waals surface area contributed by atoms with Crippen molar-refractivity contribution in [1.29, 1.82) is 0 Å². The second-order valence-corrected chi connectivity index (χ2v) is 25.6.